The molecule has 0 radical (unpaired) electrons. The number of carbonyl (C=O) groups is 1. The molecule has 0 saturated heterocycles. The molecule has 0 atom stereocenters. The van der Waals surface area contributed by atoms with Crippen LogP contribution in [0.15, 0.2) is 58.9 Å². The molecular formula is C17H14ClN3O3S2. The highest BCUT2D eigenvalue weighted by molar-refractivity contribution is 7.91. The number of nitrogens with zero attached hydrogens (tertiary/aromatic N) is 2. The summed E-state index contributed by atoms with van der Waals surface area (Å²) in [5.41, 5.74) is 1.36. The Morgan fingerprint density at radius 3 is 2.58 bits per heavy atom. The maximum atomic E-state index is 12.2. The molecule has 0 unspecified atom stereocenters. The van der Waals surface area contributed by atoms with Gasteiger partial charge in [-0.3, -0.25) is 9.78 Å². The Hall–Kier alpha value is -2.29. The molecule has 0 bridgehead atoms. The van der Waals surface area contributed by atoms with Crippen LogP contribution in [0.3, 0.4) is 0 Å². The fraction of sp³-hybridized carbons (Fsp3) is 0.118. The van der Waals surface area contributed by atoms with E-state index in [1.165, 1.54) is 35.6 Å². The van der Waals surface area contributed by atoms with Crippen LogP contribution >= 0.6 is 22.9 Å². The molecule has 0 spiro atoms. The topological polar surface area (TPSA) is 89.0 Å². The van der Waals surface area contributed by atoms with Gasteiger partial charge >= 0.3 is 0 Å². The predicted octanol–water partition coefficient (Wildman–Crippen LogP) is 3.66. The molecule has 9 heteroatoms. The first kappa shape index (κ1) is 18.5. The largest absolute Gasteiger partial charge is 0.302 e. The number of sulfone groups is 1. The van der Waals surface area contributed by atoms with Crippen LogP contribution in [-0.2, 0) is 14.6 Å². The van der Waals surface area contributed by atoms with Crippen LogP contribution in [0.1, 0.15) is 6.42 Å². The minimum absolute atomic E-state index is 0.140. The molecule has 0 saturated carbocycles. The van der Waals surface area contributed by atoms with E-state index in [-0.39, 0.29) is 17.1 Å². The van der Waals surface area contributed by atoms with Gasteiger partial charge in [-0.05, 0) is 36.4 Å². The highest BCUT2D eigenvalue weighted by Gasteiger charge is 2.17. The summed E-state index contributed by atoms with van der Waals surface area (Å²) in [7, 11) is -3.55. The zero-order chi connectivity index (χ0) is 18.6. The van der Waals surface area contributed by atoms with Gasteiger partial charge in [0.25, 0.3) is 0 Å². The standard InChI is InChI=1S/C17H14ClN3O3S2/c18-12-4-6-13(7-5-12)26(23,24)10-8-16(22)21-17-20-15(11-25-17)14-3-1-2-9-19-14/h1-7,9,11H,8,10H2,(H,20,21,22). The van der Waals surface area contributed by atoms with Crippen molar-refractivity contribution in [3.63, 3.8) is 0 Å². The van der Waals surface area contributed by atoms with Crippen molar-refractivity contribution >= 4 is 43.8 Å². The van der Waals surface area contributed by atoms with Crippen molar-refractivity contribution in [3.8, 4) is 11.4 Å². The van der Waals surface area contributed by atoms with Crippen LogP contribution < -0.4 is 5.32 Å². The summed E-state index contributed by atoms with van der Waals surface area (Å²) in [4.78, 5) is 20.7. The molecule has 0 fully saturated rings. The summed E-state index contributed by atoms with van der Waals surface area (Å²) in [5, 5.41) is 5.26. The predicted molar refractivity (Wildman–Crippen MR) is 102 cm³/mol. The zero-order valence-corrected chi connectivity index (χ0v) is 15.8. The number of amides is 1. The third-order valence-corrected chi connectivity index (χ3v) is 6.19. The number of carbonyl (C=O) groups excluding carboxylic acids is 1. The fourth-order valence-electron chi connectivity index (χ4n) is 2.13. The second-order valence-electron chi connectivity index (χ2n) is 5.32. The normalized spacial score (nSPS) is 11.3. The van der Waals surface area contributed by atoms with Crippen LogP contribution in [0, 0.1) is 0 Å². The van der Waals surface area contributed by atoms with Gasteiger partial charge in [-0.15, -0.1) is 11.3 Å². The van der Waals surface area contributed by atoms with Crippen LogP contribution in [0.5, 0.6) is 0 Å². The Kier molecular flexibility index (Phi) is 5.65. The van der Waals surface area contributed by atoms with E-state index in [0.29, 0.717) is 21.5 Å². The molecule has 0 aliphatic carbocycles. The van der Waals surface area contributed by atoms with Gasteiger partial charge in [0.05, 0.1) is 16.3 Å². The monoisotopic (exact) mass is 407 g/mol. The molecule has 3 rings (SSSR count). The molecule has 1 N–H and O–H groups in total. The van der Waals surface area contributed by atoms with Crippen LogP contribution in [0.25, 0.3) is 11.4 Å². The van der Waals surface area contributed by atoms with Crippen LogP contribution in [0.2, 0.25) is 5.02 Å². The Morgan fingerprint density at radius 2 is 1.88 bits per heavy atom. The van der Waals surface area contributed by atoms with Crippen molar-refractivity contribution in [2.75, 3.05) is 11.1 Å². The van der Waals surface area contributed by atoms with Crippen molar-refractivity contribution in [1.29, 1.82) is 0 Å². The lowest BCUT2D eigenvalue weighted by molar-refractivity contribution is -0.115. The van der Waals surface area contributed by atoms with Gasteiger partial charge in [-0.25, -0.2) is 13.4 Å². The lowest BCUT2D eigenvalue weighted by Crippen LogP contribution is -2.17. The minimum atomic E-state index is -3.55. The summed E-state index contributed by atoms with van der Waals surface area (Å²) in [6.45, 7) is 0. The number of hydrogen-bond acceptors (Lipinski definition) is 6. The summed E-state index contributed by atoms with van der Waals surface area (Å²) in [6.07, 6.45) is 1.50. The zero-order valence-electron chi connectivity index (χ0n) is 13.4. The molecular weight excluding hydrogens is 394 g/mol. The van der Waals surface area contributed by atoms with Gasteiger partial charge in [0, 0.05) is 23.0 Å². The van der Waals surface area contributed by atoms with Crippen molar-refractivity contribution in [1.82, 2.24) is 9.97 Å². The van der Waals surface area contributed by atoms with E-state index in [4.69, 9.17) is 11.6 Å². The number of aromatic nitrogens is 2. The molecule has 1 aromatic carbocycles. The second-order valence-corrected chi connectivity index (χ2v) is 8.73. The first-order valence-corrected chi connectivity index (χ1v) is 10.5. The molecule has 3 aromatic rings. The van der Waals surface area contributed by atoms with E-state index in [2.05, 4.69) is 15.3 Å². The number of benzene rings is 1. The number of pyridine rings is 1. The SMILES string of the molecule is O=C(CCS(=O)(=O)c1ccc(Cl)cc1)Nc1nc(-c2ccccn2)cs1. The molecule has 1 amide bonds. The van der Waals surface area contributed by atoms with Gasteiger partial charge < -0.3 is 5.32 Å². The van der Waals surface area contributed by atoms with E-state index in [1.807, 2.05) is 12.1 Å². The molecule has 6 nitrogen and oxygen atoms in total. The van der Waals surface area contributed by atoms with Crippen molar-refractivity contribution < 1.29 is 13.2 Å². The first-order chi connectivity index (χ1) is 12.4. The lowest BCUT2D eigenvalue weighted by atomic mass is 10.3. The Labute approximate surface area is 159 Å². The lowest BCUT2D eigenvalue weighted by Gasteiger charge is -2.05. The summed E-state index contributed by atoms with van der Waals surface area (Å²) < 4.78 is 24.5. The van der Waals surface area contributed by atoms with E-state index in [0.717, 1.165) is 0 Å². The smallest absolute Gasteiger partial charge is 0.227 e. The average molecular weight is 408 g/mol. The number of nitrogens with one attached hydrogen (secondary N) is 1. The summed E-state index contributed by atoms with van der Waals surface area (Å²) in [5.74, 6) is -0.705. The highest BCUT2D eigenvalue weighted by atomic mass is 35.5. The minimum Gasteiger partial charge on any atom is -0.302 e. The number of rotatable bonds is 6. The van der Waals surface area contributed by atoms with Crippen molar-refractivity contribution in [2.45, 2.75) is 11.3 Å². The van der Waals surface area contributed by atoms with E-state index in [9.17, 15) is 13.2 Å². The van der Waals surface area contributed by atoms with Gasteiger partial charge in [-0.1, -0.05) is 17.7 Å². The maximum absolute atomic E-state index is 12.2. The molecule has 2 aromatic heterocycles. The molecule has 26 heavy (non-hydrogen) atoms. The third-order valence-electron chi connectivity index (χ3n) is 3.45. The van der Waals surface area contributed by atoms with Crippen LogP contribution in [-0.4, -0.2) is 30.0 Å². The fourth-order valence-corrected chi connectivity index (χ4v) is 4.22. The van der Waals surface area contributed by atoms with Crippen LogP contribution in [0.4, 0.5) is 5.13 Å². The highest BCUT2D eigenvalue weighted by Crippen LogP contribution is 2.23. The number of halogens is 1. The average Bonchev–Trinajstić information content (AvgIpc) is 3.10. The molecule has 0 aliphatic rings. The quantitative estimate of drug-likeness (QED) is 0.673. The molecule has 0 aliphatic heterocycles. The Bertz CT molecular complexity index is 1000. The summed E-state index contributed by atoms with van der Waals surface area (Å²) in [6, 6.07) is 11.3. The Morgan fingerprint density at radius 1 is 1.12 bits per heavy atom. The molecule has 2 heterocycles. The van der Waals surface area contributed by atoms with Gasteiger partial charge in [0.1, 0.15) is 5.69 Å². The van der Waals surface area contributed by atoms with Crippen molar-refractivity contribution in [3.05, 3.63) is 59.1 Å². The number of thiazole rings is 1. The second kappa shape index (κ2) is 7.94. The first-order valence-electron chi connectivity index (χ1n) is 7.59. The van der Waals surface area contributed by atoms with Gasteiger partial charge in [-0.2, -0.15) is 0 Å². The van der Waals surface area contributed by atoms with Gasteiger partial charge in [0.15, 0.2) is 15.0 Å². The van der Waals surface area contributed by atoms with Crippen molar-refractivity contribution in [2.24, 2.45) is 0 Å². The Balaban J connectivity index is 1.59. The maximum Gasteiger partial charge on any atom is 0.227 e. The third kappa shape index (κ3) is 4.66. The van der Waals surface area contributed by atoms with E-state index < -0.39 is 15.7 Å². The summed E-state index contributed by atoms with van der Waals surface area (Å²) >= 11 is 7.01. The van der Waals surface area contributed by atoms with E-state index >= 15 is 0 Å². The number of anilines is 1. The number of hydrogen-bond donors (Lipinski definition) is 1. The van der Waals surface area contributed by atoms with Gasteiger partial charge in [0.2, 0.25) is 5.91 Å². The van der Waals surface area contributed by atoms with E-state index in [1.54, 1.807) is 17.6 Å². The molecule has 134 valence electrons.